The van der Waals surface area contributed by atoms with E-state index in [1.54, 1.807) is 13.0 Å². The van der Waals surface area contributed by atoms with E-state index in [4.69, 9.17) is 4.74 Å². The second-order valence-corrected chi connectivity index (χ2v) is 5.83. The lowest BCUT2D eigenvalue weighted by Crippen LogP contribution is -2.48. The number of carbonyl (C=O) groups is 2. The highest BCUT2D eigenvalue weighted by atomic mass is 16.6. The number of esters is 1. The van der Waals surface area contributed by atoms with Gasteiger partial charge in [-0.25, -0.2) is 9.59 Å². The molecule has 2 rings (SSSR count). The molecule has 1 atom stereocenters. The topological polar surface area (TPSA) is 111 Å². The Kier molecular flexibility index (Phi) is 4.03. The number of anilines is 1. The van der Waals surface area contributed by atoms with E-state index in [-0.39, 0.29) is 12.3 Å². The van der Waals surface area contributed by atoms with Gasteiger partial charge in [0.05, 0.1) is 22.8 Å². The van der Waals surface area contributed by atoms with Crippen molar-refractivity contribution in [1.82, 2.24) is 5.32 Å². The molecule has 8 nitrogen and oxygen atoms in total. The standard InChI is InChI=1S/C14H17N3O5/c1-8-9(5-4-6-10(8)17(20)21)15-13(19)16-11-12(18)22-7-14(11,2)3/h4-6,11H,7H2,1-3H3,(H2,15,16,19). The highest BCUT2D eigenvalue weighted by Gasteiger charge is 2.44. The molecule has 2 N–H and O–H groups in total. The van der Waals surface area contributed by atoms with E-state index >= 15 is 0 Å². The SMILES string of the molecule is Cc1c(NC(=O)NC2C(=O)OCC2(C)C)cccc1[N+](=O)[O-]. The maximum Gasteiger partial charge on any atom is 0.329 e. The molecule has 0 bridgehead atoms. The first-order valence-corrected chi connectivity index (χ1v) is 6.70. The van der Waals surface area contributed by atoms with Crippen LogP contribution in [0.1, 0.15) is 19.4 Å². The minimum atomic E-state index is -0.758. The van der Waals surface area contributed by atoms with Crippen molar-refractivity contribution in [1.29, 1.82) is 0 Å². The average Bonchev–Trinajstić information content (AvgIpc) is 2.68. The normalized spacial score (nSPS) is 19.4. The third-order valence-electron chi connectivity index (χ3n) is 3.63. The molecule has 0 saturated carbocycles. The van der Waals surface area contributed by atoms with E-state index in [1.165, 1.54) is 12.1 Å². The lowest BCUT2D eigenvalue weighted by atomic mass is 9.88. The molecule has 0 aromatic heterocycles. The molecule has 2 amide bonds. The Morgan fingerprint density at radius 2 is 2.14 bits per heavy atom. The minimum Gasteiger partial charge on any atom is -0.463 e. The van der Waals surface area contributed by atoms with Crippen LogP contribution < -0.4 is 10.6 Å². The number of ether oxygens (including phenoxy) is 1. The van der Waals surface area contributed by atoms with Crippen LogP contribution >= 0.6 is 0 Å². The number of nitrogens with zero attached hydrogens (tertiary/aromatic N) is 1. The summed E-state index contributed by atoms with van der Waals surface area (Å²) >= 11 is 0. The van der Waals surface area contributed by atoms with Crippen molar-refractivity contribution in [2.45, 2.75) is 26.8 Å². The molecule has 1 aliphatic rings. The van der Waals surface area contributed by atoms with E-state index in [0.29, 0.717) is 11.3 Å². The molecule has 1 heterocycles. The van der Waals surface area contributed by atoms with Crippen molar-refractivity contribution < 1.29 is 19.2 Å². The minimum absolute atomic E-state index is 0.0848. The summed E-state index contributed by atoms with van der Waals surface area (Å²) < 4.78 is 4.94. The molecule has 118 valence electrons. The number of urea groups is 1. The third kappa shape index (κ3) is 3.00. The Morgan fingerprint density at radius 1 is 1.45 bits per heavy atom. The number of benzene rings is 1. The zero-order valence-electron chi connectivity index (χ0n) is 12.5. The van der Waals surface area contributed by atoms with Crippen LogP contribution in [0.25, 0.3) is 0 Å². The third-order valence-corrected chi connectivity index (χ3v) is 3.63. The van der Waals surface area contributed by atoms with Crippen LogP contribution in [0.15, 0.2) is 18.2 Å². The van der Waals surface area contributed by atoms with Gasteiger partial charge in [0.2, 0.25) is 0 Å². The number of carbonyl (C=O) groups excluding carboxylic acids is 2. The lowest BCUT2D eigenvalue weighted by Gasteiger charge is -2.22. The second kappa shape index (κ2) is 5.63. The number of nitrogens with one attached hydrogen (secondary N) is 2. The maximum absolute atomic E-state index is 12.0. The van der Waals surface area contributed by atoms with Crippen LogP contribution in [0.4, 0.5) is 16.2 Å². The van der Waals surface area contributed by atoms with Crippen LogP contribution in [0, 0.1) is 22.5 Å². The average molecular weight is 307 g/mol. The van der Waals surface area contributed by atoms with Gasteiger partial charge in [0.15, 0.2) is 0 Å². The zero-order valence-corrected chi connectivity index (χ0v) is 12.5. The highest BCUT2D eigenvalue weighted by molar-refractivity contribution is 5.94. The fraction of sp³-hybridized carbons (Fsp3) is 0.429. The first kappa shape index (κ1) is 15.7. The molecule has 0 spiro atoms. The van der Waals surface area contributed by atoms with E-state index in [2.05, 4.69) is 10.6 Å². The predicted octanol–water partition coefficient (Wildman–Crippen LogP) is 1.98. The molecular formula is C14H17N3O5. The number of hydrogen-bond donors (Lipinski definition) is 2. The Bertz CT molecular complexity index is 641. The number of amides is 2. The monoisotopic (exact) mass is 307 g/mol. The van der Waals surface area contributed by atoms with Gasteiger partial charge < -0.3 is 15.4 Å². The van der Waals surface area contributed by atoms with Crippen molar-refractivity contribution in [3.05, 3.63) is 33.9 Å². The summed E-state index contributed by atoms with van der Waals surface area (Å²) in [5, 5.41) is 16.0. The van der Waals surface area contributed by atoms with Gasteiger partial charge >= 0.3 is 12.0 Å². The molecule has 1 aromatic rings. The van der Waals surface area contributed by atoms with E-state index in [1.807, 2.05) is 13.8 Å². The Balaban J connectivity index is 2.12. The van der Waals surface area contributed by atoms with Gasteiger partial charge in [0.25, 0.3) is 5.69 Å². The van der Waals surface area contributed by atoms with Crippen molar-refractivity contribution in [2.75, 3.05) is 11.9 Å². The number of nitro groups is 1. The Hall–Kier alpha value is -2.64. The van der Waals surface area contributed by atoms with E-state index < -0.39 is 28.4 Å². The summed E-state index contributed by atoms with van der Waals surface area (Å²) in [6.07, 6.45) is 0. The van der Waals surface area contributed by atoms with E-state index in [9.17, 15) is 19.7 Å². The first-order valence-electron chi connectivity index (χ1n) is 6.70. The zero-order chi connectivity index (χ0) is 16.5. The predicted molar refractivity (Wildman–Crippen MR) is 78.5 cm³/mol. The largest absolute Gasteiger partial charge is 0.463 e. The van der Waals surface area contributed by atoms with E-state index in [0.717, 1.165) is 0 Å². The van der Waals surface area contributed by atoms with Gasteiger partial charge in [-0.1, -0.05) is 19.9 Å². The van der Waals surface area contributed by atoms with Crippen molar-refractivity contribution >= 4 is 23.4 Å². The fourth-order valence-corrected chi connectivity index (χ4v) is 2.24. The van der Waals surface area contributed by atoms with Crippen molar-refractivity contribution in [2.24, 2.45) is 5.41 Å². The number of hydrogen-bond acceptors (Lipinski definition) is 5. The smallest absolute Gasteiger partial charge is 0.329 e. The summed E-state index contributed by atoms with van der Waals surface area (Å²) in [6.45, 7) is 5.39. The second-order valence-electron chi connectivity index (χ2n) is 5.83. The Labute approximate surface area is 127 Å². The lowest BCUT2D eigenvalue weighted by molar-refractivity contribution is -0.385. The molecule has 0 radical (unpaired) electrons. The summed E-state index contributed by atoms with van der Waals surface area (Å²) in [7, 11) is 0. The molecule has 0 aliphatic carbocycles. The summed E-state index contributed by atoms with van der Waals surface area (Å²) in [4.78, 5) is 34.0. The molecule has 22 heavy (non-hydrogen) atoms. The molecule has 1 unspecified atom stereocenters. The Morgan fingerprint density at radius 3 is 2.68 bits per heavy atom. The van der Waals surface area contributed by atoms with Crippen LogP contribution in [0.3, 0.4) is 0 Å². The first-order chi connectivity index (χ1) is 10.2. The molecule has 1 aliphatic heterocycles. The molecular weight excluding hydrogens is 290 g/mol. The van der Waals surface area contributed by atoms with Gasteiger partial charge in [-0.3, -0.25) is 10.1 Å². The quantitative estimate of drug-likeness (QED) is 0.504. The fourth-order valence-electron chi connectivity index (χ4n) is 2.24. The number of rotatable bonds is 3. The highest BCUT2D eigenvalue weighted by Crippen LogP contribution is 2.29. The molecule has 1 fully saturated rings. The molecule has 1 saturated heterocycles. The van der Waals surface area contributed by atoms with Crippen LogP contribution in [0.5, 0.6) is 0 Å². The summed E-state index contributed by atoms with van der Waals surface area (Å²) in [5.41, 5.74) is 0.0665. The number of cyclic esters (lactones) is 1. The van der Waals surface area contributed by atoms with Crippen molar-refractivity contribution in [3.63, 3.8) is 0 Å². The van der Waals surface area contributed by atoms with Gasteiger partial charge in [-0.2, -0.15) is 0 Å². The molecule has 8 heteroatoms. The van der Waals surface area contributed by atoms with Crippen LogP contribution in [-0.2, 0) is 9.53 Å². The van der Waals surface area contributed by atoms with Gasteiger partial charge in [-0.15, -0.1) is 0 Å². The maximum atomic E-state index is 12.0. The van der Waals surface area contributed by atoms with Gasteiger partial charge in [0, 0.05) is 11.5 Å². The molecule has 1 aromatic carbocycles. The van der Waals surface area contributed by atoms with Crippen LogP contribution in [0.2, 0.25) is 0 Å². The summed E-state index contributed by atoms with van der Waals surface area (Å²) in [6, 6.07) is 3.02. The number of nitro benzene ring substituents is 1. The summed E-state index contributed by atoms with van der Waals surface area (Å²) in [5.74, 6) is -0.490. The van der Waals surface area contributed by atoms with Gasteiger partial charge in [0.1, 0.15) is 6.04 Å². The van der Waals surface area contributed by atoms with Gasteiger partial charge in [-0.05, 0) is 13.0 Å². The van der Waals surface area contributed by atoms with Crippen LogP contribution in [-0.4, -0.2) is 29.6 Å². The van der Waals surface area contributed by atoms with Crippen molar-refractivity contribution in [3.8, 4) is 0 Å².